The molecule has 2 fully saturated rings. The largest absolute Gasteiger partial charge is 0.302 e. The number of likely N-dealkylation sites (N-methyl/N-ethyl adjacent to an activating group) is 2. The summed E-state index contributed by atoms with van der Waals surface area (Å²) < 4.78 is 0. The zero-order valence-electron chi connectivity index (χ0n) is 10.2. The first kappa shape index (κ1) is 10.4. The van der Waals surface area contributed by atoms with Crippen molar-refractivity contribution in [2.45, 2.75) is 38.8 Å². The second-order valence-corrected chi connectivity index (χ2v) is 5.78. The van der Waals surface area contributed by atoms with Crippen molar-refractivity contribution < 1.29 is 0 Å². The molecule has 3 unspecified atom stereocenters. The van der Waals surface area contributed by atoms with E-state index in [1.54, 1.807) is 0 Å². The lowest BCUT2D eigenvalue weighted by Crippen LogP contribution is -2.43. The van der Waals surface area contributed by atoms with Crippen LogP contribution in [0.4, 0.5) is 0 Å². The third-order valence-electron chi connectivity index (χ3n) is 4.52. The van der Waals surface area contributed by atoms with Crippen LogP contribution in [0.2, 0.25) is 0 Å². The van der Waals surface area contributed by atoms with Gasteiger partial charge in [0.1, 0.15) is 0 Å². The monoisotopic (exact) mass is 196 g/mol. The second-order valence-electron chi connectivity index (χ2n) is 5.78. The lowest BCUT2D eigenvalue weighted by atomic mass is 10.1. The average Bonchev–Trinajstić information content (AvgIpc) is 2.74. The summed E-state index contributed by atoms with van der Waals surface area (Å²) in [5.74, 6) is 1.90. The Morgan fingerprint density at radius 2 is 2.14 bits per heavy atom. The van der Waals surface area contributed by atoms with Gasteiger partial charge in [-0.25, -0.2) is 0 Å². The molecule has 1 aliphatic carbocycles. The molecule has 1 saturated carbocycles. The van der Waals surface area contributed by atoms with E-state index in [1.807, 2.05) is 0 Å². The molecule has 82 valence electrons. The van der Waals surface area contributed by atoms with E-state index in [0.29, 0.717) is 11.6 Å². The maximum Gasteiger partial charge on any atom is 0.0368 e. The van der Waals surface area contributed by atoms with Crippen LogP contribution in [0.1, 0.15) is 27.2 Å². The molecule has 14 heavy (non-hydrogen) atoms. The van der Waals surface area contributed by atoms with Crippen molar-refractivity contribution in [3.8, 4) is 0 Å². The van der Waals surface area contributed by atoms with Crippen molar-refractivity contribution in [2.75, 3.05) is 27.2 Å². The van der Waals surface area contributed by atoms with Crippen LogP contribution in [0.5, 0.6) is 0 Å². The van der Waals surface area contributed by atoms with E-state index in [0.717, 1.165) is 11.8 Å². The van der Waals surface area contributed by atoms with Crippen molar-refractivity contribution in [1.29, 1.82) is 0 Å². The average molecular weight is 196 g/mol. The van der Waals surface area contributed by atoms with Crippen LogP contribution >= 0.6 is 0 Å². The van der Waals surface area contributed by atoms with E-state index in [4.69, 9.17) is 0 Å². The lowest BCUT2D eigenvalue weighted by Gasteiger charge is -2.31. The van der Waals surface area contributed by atoms with Gasteiger partial charge in [0.25, 0.3) is 0 Å². The maximum absolute atomic E-state index is 2.60. The molecule has 0 amide bonds. The Morgan fingerprint density at radius 1 is 1.50 bits per heavy atom. The third kappa shape index (κ3) is 1.40. The van der Waals surface area contributed by atoms with Crippen molar-refractivity contribution in [3.05, 3.63) is 0 Å². The smallest absolute Gasteiger partial charge is 0.0368 e. The zero-order chi connectivity index (χ0) is 10.5. The molecule has 2 heteroatoms. The van der Waals surface area contributed by atoms with Gasteiger partial charge in [-0.05, 0) is 46.2 Å². The van der Waals surface area contributed by atoms with Gasteiger partial charge in [-0.1, -0.05) is 6.92 Å². The Labute approximate surface area is 88.3 Å². The quantitative estimate of drug-likeness (QED) is 0.677. The fraction of sp³-hybridized carbons (Fsp3) is 1.00. The minimum Gasteiger partial charge on any atom is -0.302 e. The van der Waals surface area contributed by atoms with Gasteiger partial charge in [0, 0.05) is 24.7 Å². The number of hydrogen-bond acceptors (Lipinski definition) is 2. The number of likely N-dealkylation sites (tertiary alicyclic amines) is 1. The standard InChI is InChI=1S/C12H24N2/c1-9(2)13(4)8-12-6-11(12)10(3)7-14(12)5/h9-11H,6-8H2,1-5H3. The van der Waals surface area contributed by atoms with E-state index >= 15 is 0 Å². The van der Waals surface area contributed by atoms with Crippen LogP contribution in [0, 0.1) is 11.8 Å². The molecule has 0 aromatic rings. The van der Waals surface area contributed by atoms with Gasteiger partial charge in [0.2, 0.25) is 0 Å². The molecular formula is C12H24N2. The van der Waals surface area contributed by atoms with Crippen molar-refractivity contribution in [2.24, 2.45) is 11.8 Å². The summed E-state index contributed by atoms with van der Waals surface area (Å²) in [6, 6.07) is 0.676. The van der Waals surface area contributed by atoms with Crippen LogP contribution < -0.4 is 0 Å². The van der Waals surface area contributed by atoms with Gasteiger partial charge in [0.05, 0.1) is 0 Å². The minimum absolute atomic E-state index is 0.554. The van der Waals surface area contributed by atoms with E-state index < -0.39 is 0 Å². The molecule has 3 atom stereocenters. The van der Waals surface area contributed by atoms with E-state index in [1.165, 1.54) is 19.5 Å². The molecule has 0 bridgehead atoms. The Hall–Kier alpha value is -0.0800. The van der Waals surface area contributed by atoms with Crippen molar-refractivity contribution in [1.82, 2.24) is 9.80 Å². The molecular weight excluding hydrogens is 172 g/mol. The summed E-state index contributed by atoms with van der Waals surface area (Å²) in [6.07, 6.45) is 1.43. The summed E-state index contributed by atoms with van der Waals surface area (Å²) in [5.41, 5.74) is 0.554. The predicted octanol–water partition coefficient (Wildman–Crippen LogP) is 1.67. The number of rotatable bonds is 3. The van der Waals surface area contributed by atoms with Crippen LogP contribution in [0.25, 0.3) is 0 Å². The highest BCUT2D eigenvalue weighted by molar-refractivity contribution is 5.18. The summed E-state index contributed by atoms with van der Waals surface area (Å²) >= 11 is 0. The Bertz CT molecular complexity index is 222. The van der Waals surface area contributed by atoms with Gasteiger partial charge in [-0.15, -0.1) is 0 Å². The number of hydrogen-bond donors (Lipinski definition) is 0. The first-order chi connectivity index (χ1) is 6.47. The number of piperidine rings is 1. The highest BCUT2D eigenvalue weighted by Crippen LogP contribution is 2.57. The molecule has 1 heterocycles. The molecule has 2 aliphatic rings. The first-order valence-corrected chi connectivity index (χ1v) is 5.89. The molecule has 0 spiro atoms. The van der Waals surface area contributed by atoms with Crippen LogP contribution in [-0.2, 0) is 0 Å². The second kappa shape index (κ2) is 3.21. The highest BCUT2D eigenvalue weighted by Gasteiger charge is 2.63. The molecule has 0 radical (unpaired) electrons. The maximum atomic E-state index is 2.60. The SMILES string of the molecule is CC1CN(C)C2(CN(C)C(C)C)CC12. The number of nitrogens with zero attached hydrogens (tertiary/aromatic N) is 2. The van der Waals surface area contributed by atoms with Crippen LogP contribution in [-0.4, -0.2) is 48.6 Å². The van der Waals surface area contributed by atoms with Gasteiger partial charge < -0.3 is 4.90 Å². The Balaban J connectivity index is 1.99. The Morgan fingerprint density at radius 3 is 2.50 bits per heavy atom. The summed E-state index contributed by atoms with van der Waals surface area (Å²) in [6.45, 7) is 9.54. The third-order valence-corrected chi connectivity index (χ3v) is 4.52. The summed E-state index contributed by atoms with van der Waals surface area (Å²) in [5, 5.41) is 0. The lowest BCUT2D eigenvalue weighted by molar-refractivity contribution is 0.162. The van der Waals surface area contributed by atoms with Gasteiger partial charge in [-0.2, -0.15) is 0 Å². The minimum atomic E-state index is 0.554. The predicted molar refractivity (Wildman–Crippen MR) is 60.4 cm³/mol. The van der Waals surface area contributed by atoms with Crippen LogP contribution in [0.3, 0.4) is 0 Å². The van der Waals surface area contributed by atoms with E-state index in [9.17, 15) is 0 Å². The molecule has 0 N–H and O–H groups in total. The zero-order valence-corrected chi connectivity index (χ0v) is 10.2. The summed E-state index contributed by atoms with van der Waals surface area (Å²) in [7, 11) is 4.56. The molecule has 1 saturated heterocycles. The van der Waals surface area contributed by atoms with Crippen molar-refractivity contribution in [3.63, 3.8) is 0 Å². The van der Waals surface area contributed by atoms with Crippen molar-refractivity contribution >= 4 is 0 Å². The molecule has 0 aromatic heterocycles. The molecule has 0 aromatic carbocycles. The van der Waals surface area contributed by atoms with E-state index in [2.05, 4.69) is 44.7 Å². The molecule has 2 rings (SSSR count). The fourth-order valence-electron chi connectivity index (χ4n) is 3.15. The van der Waals surface area contributed by atoms with Crippen LogP contribution in [0.15, 0.2) is 0 Å². The molecule has 2 nitrogen and oxygen atoms in total. The van der Waals surface area contributed by atoms with Gasteiger partial charge in [-0.3, -0.25) is 4.90 Å². The van der Waals surface area contributed by atoms with Gasteiger partial charge in [0.15, 0.2) is 0 Å². The number of fused-ring (bicyclic) bond motifs is 1. The topological polar surface area (TPSA) is 6.48 Å². The van der Waals surface area contributed by atoms with E-state index in [-0.39, 0.29) is 0 Å². The fourth-order valence-corrected chi connectivity index (χ4v) is 3.15. The molecule has 1 aliphatic heterocycles. The Kier molecular flexibility index (Phi) is 2.39. The first-order valence-electron chi connectivity index (χ1n) is 5.89. The van der Waals surface area contributed by atoms with Gasteiger partial charge >= 0.3 is 0 Å². The highest BCUT2D eigenvalue weighted by atomic mass is 15.3. The summed E-state index contributed by atoms with van der Waals surface area (Å²) in [4.78, 5) is 5.09. The normalized spacial score (nSPS) is 42.2.